The zero-order valence-corrected chi connectivity index (χ0v) is 8.96. The van der Waals surface area contributed by atoms with Crippen molar-refractivity contribution in [2.45, 2.75) is 44.6 Å². The van der Waals surface area contributed by atoms with E-state index in [1.807, 2.05) is 13.8 Å². The second-order valence-electron chi connectivity index (χ2n) is 4.80. The number of rotatable bonds is 1. The third-order valence-electron chi connectivity index (χ3n) is 3.22. The van der Waals surface area contributed by atoms with Crippen molar-refractivity contribution < 1.29 is 5.11 Å². The number of hydrogen-bond acceptors (Lipinski definition) is 1. The third-order valence-corrected chi connectivity index (χ3v) is 3.22. The van der Waals surface area contributed by atoms with Gasteiger partial charge in [-0.3, -0.25) is 0 Å². The Hall–Kier alpha value is -0.820. The predicted octanol–water partition coefficient (Wildman–Crippen LogP) is 2.88. The van der Waals surface area contributed by atoms with Crippen molar-refractivity contribution in [1.29, 1.82) is 0 Å². The molecule has 0 heterocycles. The van der Waals surface area contributed by atoms with Crippen LogP contribution < -0.4 is 0 Å². The van der Waals surface area contributed by atoms with Crippen LogP contribution in [0.3, 0.4) is 0 Å². The van der Waals surface area contributed by atoms with Gasteiger partial charge in [0.1, 0.15) is 0 Å². The number of fused-ring (bicyclic) bond motifs is 1. The summed E-state index contributed by atoms with van der Waals surface area (Å²) in [7, 11) is 0. The molecule has 14 heavy (non-hydrogen) atoms. The molecule has 1 aromatic carbocycles. The van der Waals surface area contributed by atoms with Gasteiger partial charge in [-0.1, -0.05) is 24.3 Å². The van der Waals surface area contributed by atoms with Gasteiger partial charge in [0.2, 0.25) is 0 Å². The van der Waals surface area contributed by atoms with Crippen LogP contribution in [0.25, 0.3) is 0 Å². The monoisotopic (exact) mass is 190 g/mol. The molecule has 0 saturated heterocycles. The van der Waals surface area contributed by atoms with Crippen LogP contribution in [0.1, 0.15) is 43.7 Å². The molecule has 1 aliphatic rings. The molecule has 0 amide bonds. The van der Waals surface area contributed by atoms with E-state index in [9.17, 15) is 5.11 Å². The fourth-order valence-corrected chi connectivity index (χ4v) is 2.49. The lowest BCUT2D eigenvalue weighted by molar-refractivity contribution is 0.0435. The Labute approximate surface area is 85.8 Å². The third kappa shape index (κ3) is 1.69. The van der Waals surface area contributed by atoms with Crippen LogP contribution in [0.5, 0.6) is 0 Å². The lowest BCUT2D eigenvalue weighted by atomic mass is 9.75. The SMILES string of the molecule is CC(C)(O)C1CCCc2ccccc21. The van der Waals surface area contributed by atoms with Gasteiger partial charge in [-0.25, -0.2) is 0 Å². The highest BCUT2D eigenvalue weighted by molar-refractivity contribution is 5.34. The zero-order chi connectivity index (χ0) is 10.2. The summed E-state index contributed by atoms with van der Waals surface area (Å²) in [6, 6.07) is 8.51. The summed E-state index contributed by atoms with van der Waals surface area (Å²) in [5, 5.41) is 10.1. The Balaban J connectivity index is 2.41. The van der Waals surface area contributed by atoms with Crippen LogP contribution in [0.15, 0.2) is 24.3 Å². The van der Waals surface area contributed by atoms with E-state index in [4.69, 9.17) is 0 Å². The molecule has 1 N–H and O–H groups in total. The molecule has 0 saturated carbocycles. The molecule has 76 valence electrons. The molecule has 0 radical (unpaired) electrons. The summed E-state index contributed by atoms with van der Waals surface area (Å²) < 4.78 is 0. The summed E-state index contributed by atoms with van der Waals surface area (Å²) in [5.41, 5.74) is 2.19. The first kappa shape index (κ1) is 9.72. The lowest BCUT2D eigenvalue weighted by Crippen LogP contribution is -2.31. The first-order valence-corrected chi connectivity index (χ1v) is 5.39. The van der Waals surface area contributed by atoms with Crippen molar-refractivity contribution in [3.63, 3.8) is 0 Å². The standard InChI is InChI=1S/C13H18O/c1-13(2,14)12-9-5-7-10-6-3-4-8-11(10)12/h3-4,6,8,12,14H,5,7,9H2,1-2H3. The van der Waals surface area contributed by atoms with Crippen molar-refractivity contribution in [1.82, 2.24) is 0 Å². The van der Waals surface area contributed by atoms with Crippen LogP contribution >= 0.6 is 0 Å². The van der Waals surface area contributed by atoms with E-state index in [0.717, 1.165) is 6.42 Å². The van der Waals surface area contributed by atoms with Crippen LogP contribution in [-0.2, 0) is 6.42 Å². The largest absolute Gasteiger partial charge is 0.390 e. The normalized spacial score (nSPS) is 21.8. The van der Waals surface area contributed by atoms with Crippen LogP contribution in [0.2, 0.25) is 0 Å². The molecule has 2 rings (SSSR count). The second kappa shape index (κ2) is 3.39. The van der Waals surface area contributed by atoms with Gasteiger partial charge in [-0.15, -0.1) is 0 Å². The first-order chi connectivity index (χ1) is 6.59. The van der Waals surface area contributed by atoms with Crippen LogP contribution in [0, 0.1) is 0 Å². The van der Waals surface area contributed by atoms with Crippen LogP contribution in [0.4, 0.5) is 0 Å². The van der Waals surface area contributed by atoms with E-state index in [1.54, 1.807) is 0 Å². The zero-order valence-electron chi connectivity index (χ0n) is 8.96. The molecule has 1 aromatic rings. The Morgan fingerprint density at radius 1 is 1.29 bits per heavy atom. The summed E-state index contributed by atoms with van der Waals surface area (Å²) in [6.45, 7) is 3.83. The topological polar surface area (TPSA) is 20.2 Å². The van der Waals surface area contributed by atoms with E-state index < -0.39 is 5.60 Å². The van der Waals surface area contributed by atoms with Crippen molar-refractivity contribution in [3.05, 3.63) is 35.4 Å². The maximum Gasteiger partial charge on any atom is 0.0660 e. The van der Waals surface area contributed by atoms with Gasteiger partial charge >= 0.3 is 0 Å². The highest BCUT2D eigenvalue weighted by Gasteiger charge is 2.31. The van der Waals surface area contributed by atoms with Crippen molar-refractivity contribution >= 4 is 0 Å². The Bertz CT molecular complexity index is 322. The molecule has 1 nitrogen and oxygen atoms in total. The fourth-order valence-electron chi connectivity index (χ4n) is 2.49. The summed E-state index contributed by atoms with van der Waals surface area (Å²) >= 11 is 0. The maximum atomic E-state index is 10.1. The van der Waals surface area contributed by atoms with Gasteiger partial charge in [0, 0.05) is 5.92 Å². The van der Waals surface area contributed by atoms with Gasteiger partial charge in [0.05, 0.1) is 5.60 Å². The molecule has 0 spiro atoms. The van der Waals surface area contributed by atoms with Crippen molar-refractivity contribution in [2.24, 2.45) is 0 Å². The van der Waals surface area contributed by atoms with E-state index in [2.05, 4.69) is 24.3 Å². The number of aliphatic hydroxyl groups is 1. The number of benzene rings is 1. The average Bonchev–Trinajstić information content (AvgIpc) is 2.15. The van der Waals surface area contributed by atoms with Gasteiger partial charge in [0.15, 0.2) is 0 Å². The van der Waals surface area contributed by atoms with E-state index in [1.165, 1.54) is 24.0 Å². The Kier molecular flexibility index (Phi) is 2.36. The summed E-state index contributed by atoms with van der Waals surface area (Å²) in [5.74, 6) is 0.312. The smallest absolute Gasteiger partial charge is 0.0660 e. The van der Waals surface area contributed by atoms with Gasteiger partial charge in [0.25, 0.3) is 0 Å². The van der Waals surface area contributed by atoms with Gasteiger partial charge < -0.3 is 5.11 Å². The molecule has 0 bridgehead atoms. The first-order valence-electron chi connectivity index (χ1n) is 5.39. The highest BCUT2D eigenvalue weighted by Crippen LogP contribution is 2.38. The minimum Gasteiger partial charge on any atom is -0.390 e. The Morgan fingerprint density at radius 2 is 2.00 bits per heavy atom. The van der Waals surface area contributed by atoms with Crippen molar-refractivity contribution in [2.75, 3.05) is 0 Å². The molecular formula is C13H18O. The molecule has 1 unspecified atom stereocenters. The minimum absolute atomic E-state index is 0.312. The van der Waals surface area contributed by atoms with E-state index in [0.29, 0.717) is 5.92 Å². The fraction of sp³-hybridized carbons (Fsp3) is 0.538. The second-order valence-corrected chi connectivity index (χ2v) is 4.80. The van der Waals surface area contributed by atoms with Crippen molar-refractivity contribution in [3.8, 4) is 0 Å². The lowest BCUT2D eigenvalue weighted by Gasteiger charge is -2.34. The van der Waals surface area contributed by atoms with E-state index >= 15 is 0 Å². The maximum absolute atomic E-state index is 10.1. The average molecular weight is 190 g/mol. The molecule has 1 heteroatoms. The van der Waals surface area contributed by atoms with Crippen LogP contribution in [-0.4, -0.2) is 10.7 Å². The molecular weight excluding hydrogens is 172 g/mol. The predicted molar refractivity (Wildman–Crippen MR) is 58.4 cm³/mol. The molecule has 1 atom stereocenters. The molecule has 1 aliphatic carbocycles. The minimum atomic E-state index is -0.587. The Morgan fingerprint density at radius 3 is 2.71 bits per heavy atom. The van der Waals surface area contributed by atoms with Gasteiger partial charge in [-0.2, -0.15) is 0 Å². The number of hydrogen-bond donors (Lipinski definition) is 1. The summed E-state index contributed by atoms with van der Waals surface area (Å²) in [6.07, 6.45) is 3.48. The highest BCUT2D eigenvalue weighted by atomic mass is 16.3. The van der Waals surface area contributed by atoms with E-state index in [-0.39, 0.29) is 0 Å². The van der Waals surface area contributed by atoms with Gasteiger partial charge in [-0.05, 0) is 44.2 Å². The summed E-state index contributed by atoms with van der Waals surface area (Å²) in [4.78, 5) is 0. The molecule has 0 fully saturated rings. The quantitative estimate of drug-likeness (QED) is 0.722. The molecule has 0 aliphatic heterocycles. The molecule has 0 aromatic heterocycles. The number of aryl methyl sites for hydroxylation is 1.